The molecule has 142 valence electrons. The Bertz CT molecular complexity index is 686. The largest absolute Gasteiger partial charge is 0.343 e. The predicted octanol–water partition coefficient (Wildman–Crippen LogP) is 0.475. The van der Waals surface area contributed by atoms with E-state index in [2.05, 4.69) is 4.98 Å². The molecule has 8 heteroatoms. The van der Waals surface area contributed by atoms with Crippen molar-refractivity contribution < 1.29 is 14.4 Å². The lowest BCUT2D eigenvalue weighted by Gasteiger charge is -2.39. The van der Waals surface area contributed by atoms with E-state index in [4.69, 9.17) is 0 Å². The van der Waals surface area contributed by atoms with Crippen molar-refractivity contribution in [3.05, 3.63) is 18.2 Å². The molecular weight excluding hydrogens is 334 g/mol. The lowest BCUT2D eigenvalue weighted by atomic mass is 10.1. The Morgan fingerprint density at radius 2 is 1.92 bits per heavy atom. The van der Waals surface area contributed by atoms with Crippen LogP contribution in [-0.4, -0.2) is 74.2 Å². The van der Waals surface area contributed by atoms with Gasteiger partial charge in [-0.2, -0.15) is 0 Å². The quantitative estimate of drug-likeness (QED) is 0.707. The van der Waals surface area contributed by atoms with Gasteiger partial charge in [-0.25, -0.2) is 4.98 Å². The minimum Gasteiger partial charge on any atom is -0.343 e. The van der Waals surface area contributed by atoms with Crippen LogP contribution in [0.3, 0.4) is 0 Å². The Morgan fingerprint density at radius 1 is 1.15 bits per heavy atom. The predicted molar refractivity (Wildman–Crippen MR) is 94.9 cm³/mol. The molecule has 0 radical (unpaired) electrons. The number of hydrogen-bond acceptors (Lipinski definition) is 4. The Morgan fingerprint density at radius 3 is 2.62 bits per heavy atom. The molecule has 26 heavy (non-hydrogen) atoms. The molecule has 1 aromatic heterocycles. The monoisotopic (exact) mass is 361 g/mol. The van der Waals surface area contributed by atoms with Gasteiger partial charge in [0.15, 0.2) is 0 Å². The van der Waals surface area contributed by atoms with Crippen LogP contribution in [0.15, 0.2) is 12.5 Å². The van der Waals surface area contributed by atoms with E-state index in [1.807, 2.05) is 16.4 Å². The van der Waals surface area contributed by atoms with Crippen LogP contribution in [0, 0.1) is 0 Å². The average molecular weight is 361 g/mol. The third kappa shape index (κ3) is 3.73. The van der Waals surface area contributed by atoms with Crippen molar-refractivity contribution in [2.45, 2.75) is 52.2 Å². The molecule has 0 aliphatic carbocycles. The van der Waals surface area contributed by atoms with E-state index < -0.39 is 6.04 Å². The number of rotatable bonds is 7. The summed E-state index contributed by atoms with van der Waals surface area (Å²) in [6.45, 7) is 7.06. The molecule has 1 aromatic rings. The first kappa shape index (κ1) is 18.4. The van der Waals surface area contributed by atoms with Gasteiger partial charge in [0.25, 0.3) is 0 Å². The molecule has 3 amide bonds. The molecule has 0 N–H and O–H groups in total. The van der Waals surface area contributed by atoms with Gasteiger partial charge < -0.3 is 19.3 Å². The fourth-order valence-corrected chi connectivity index (χ4v) is 3.69. The number of nitrogens with zero attached hydrogens (tertiary/aromatic N) is 5. The fraction of sp³-hybridized carbons (Fsp3) is 0.667. The molecule has 3 heterocycles. The van der Waals surface area contributed by atoms with E-state index in [-0.39, 0.29) is 24.3 Å². The highest BCUT2D eigenvalue weighted by molar-refractivity contribution is 5.94. The molecule has 8 nitrogen and oxygen atoms in total. The first-order chi connectivity index (χ1) is 12.5. The molecular formula is C18H27N5O3. The zero-order valence-electron chi connectivity index (χ0n) is 15.6. The summed E-state index contributed by atoms with van der Waals surface area (Å²) in [5.74, 6) is 0.122. The lowest BCUT2D eigenvalue weighted by molar-refractivity contribution is -0.155. The van der Waals surface area contributed by atoms with Gasteiger partial charge >= 0.3 is 0 Å². The standard InChI is InChI=1S/C18H27N5O3/c1-3-20-13-19-10-15(20)11-23-14(2)18(26)22(12-17(23)25)9-5-8-21-7-4-6-16(21)24/h10,13-14H,3-9,11-12H2,1-2H3/t14-/m0/s1. The van der Waals surface area contributed by atoms with Gasteiger partial charge in [-0.05, 0) is 26.7 Å². The summed E-state index contributed by atoms with van der Waals surface area (Å²) >= 11 is 0. The molecule has 2 saturated heterocycles. The highest BCUT2D eigenvalue weighted by Gasteiger charge is 2.36. The van der Waals surface area contributed by atoms with Gasteiger partial charge in [-0.3, -0.25) is 14.4 Å². The summed E-state index contributed by atoms with van der Waals surface area (Å²) in [4.78, 5) is 46.2. The molecule has 2 fully saturated rings. The molecule has 2 aliphatic rings. The van der Waals surface area contributed by atoms with E-state index in [0.717, 1.165) is 25.2 Å². The summed E-state index contributed by atoms with van der Waals surface area (Å²) < 4.78 is 1.98. The SMILES string of the molecule is CCn1cncc1CN1C(=O)CN(CCCN2CCCC2=O)C(=O)[C@@H]1C. The van der Waals surface area contributed by atoms with Gasteiger partial charge in [-0.1, -0.05) is 0 Å². The van der Waals surface area contributed by atoms with Crippen LogP contribution in [0.25, 0.3) is 0 Å². The molecule has 3 rings (SSSR count). The summed E-state index contributed by atoms with van der Waals surface area (Å²) in [6.07, 6.45) is 5.73. The number of likely N-dealkylation sites (tertiary alicyclic amines) is 1. The van der Waals surface area contributed by atoms with Crippen molar-refractivity contribution in [1.82, 2.24) is 24.3 Å². The number of carbonyl (C=O) groups is 3. The zero-order valence-corrected chi connectivity index (χ0v) is 15.6. The molecule has 0 saturated carbocycles. The van der Waals surface area contributed by atoms with E-state index in [9.17, 15) is 14.4 Å². The van der Waals surface area contributed by atoms with Crippen molar-refractivity contribution in [2.24, 2.45) is 0 Å². The van der Waals surface area contributed by atoms with Crippen molar-refractivity contribution >= 4 is 17.7 Å². The smallest absolute Gasteiger partial charge is 0.245 e. The van der Waals surface area contributed by atoms with Crippen LogP contribution in [-0.2, 0) is 27.5 Å². The van der Waals surface area contributed by atoms with Crippen LogP contribution in [0.1, 0.15) is 38.8 Å². The van der Waals surface area contributed by atoms with E-state index >= 15 is 0 Å². The van der Waals surface area contributed by atoms with Crippen molar-refractivity contribution in [1.29, 1.82) is 0 Å². The highest BCUT2D eigenvalue weighted by Crippen LogP contribution is 2.17. The minimum absolute atomic E-state index is 0.0279. The van der Waals surface area contributed by atoms with E-state index in [1.54, 1.807) is 29.2 Å². The zero-order chi connectivity index (χ0) is 18.7. The first-order valence-corrected chi connectivity index (χ1v) is 9.36. The number of amides is 3. The van der Waals surface area contributed by atoms with Crippen molar-refractivity contribution in [2.75, 3.05) is 26.2 Å². The van der Waals surface area contributed by atoms with Crippen LogP contribution in [0.4, 0.5) is 0 Å². The van der Waals surface area contributed by atoms with Gasteiger partial charge in [0.1, 0.15) is 6.04 Å². The summed E-state index contributed by atoms with van der Waals surface area (Å²) in [7, 11) is 0. The van der Waals surface area contributed by atoms with Gasteiger partial charge in [0.05, 0.1) is 25.1 Å². The highest BCUT2D eigenvalue weighted by atomic mass is 16.2. The average Bonchev–Trinajstić information content (AvgIpc) is 3.24. The van der Waals surface area contributed by atoms with Crippen LogP contribution in [0.2, 0.25) is 0 Å². The van der Waals surface area contributed by atoms with Crippen LogP contribution in [0.5, 0.6) is 0 Å². The minimum atomic E-state index is -0.482. The van der Waals surface area contributed by atoms with E-state index in [1.165, 1.54) is 0 Å². The number of aromatic nitrogens is 2. The van der Waals surface area contributed by atoms with Crippen LogP contribution >= 0.6 is 0 Å². The number of carbonyl (C=O) groups excluding carboxylic acids is 3. The topological polar surface area (TPSA) is 78.8 Å². The lowest BCUT2D eigenvalue weighted by Crippen LogP contribution is -2.58. The molecule has 2 aliphatic heterocycles. The number of hydrogen-bond donors (Lipinski definition) is 0. The van der Waals surface area contributed by atoms with Gasteiger partial charge in [0, 0.05) is 38.8 Å². The second kappa shape index (κ2) is 7.88. The maximum atomic E-state index is 12.7. The normalized spacial score (nSPS) is 21.2. The fourth-order valence-electron chi connectivity index (χ4n) is 3.69. The summed E-state index contributed by atoms with van der Waals surface area (Å²) in [6, 6.07) is -0.482. The third-order valence-corrected chi connectivity index (χ3v) is 5.28. The van der Waals surface area contributed by atoms with Crippen molar-refractivity contribution in [3.8, 4) is 0 Å². The Labute approximate surface area is 153 Å². The van der Waals surface area contributed by atoms with Gasteiger partial charge in [-0.15, -0.1) is 0 Å². The second-order valence-corrected chi connectivity index (χ2v) is 6.97. The van der Waals surface area contributed by atoms with Crippen LogP contribution < -0.4 is 0 Å². The maximum absolute atomic E-state index is 12.7. The van der Waals surface area contributed by atoms with Gasteiger partial charge in [0.2, 0.25) is 17.7 Å². The number of imidazole rings is 1. The molecule has 0 aromatic carbocycles. The number of piperazine rings is 1. The molecule has 0 bridgehead atoms. The Kier molecular flexibility index (Phi) is 5.58. The molecule has 0 spiro atoms. The summed E-state index contributed by atoms with van der Waals surface area (Å²) in [5.41, 5.74) is 0.932. The summed E-state index contributed by atoms with van der Waals surface area (Å²) in [5, 5.41) is 0. The molecule has 1 atom stereocenters. The first-order valence-electron chi connectivity index (χ1n) is 9.36. The Balaban J connectivity index is 1.55. The second-order valence-electron chi connectivity index (χ2n) is 6.97. The Hall–Kier alpha value is -2.38. The third-order valence-electron chi connectivity index (χ3n) is 5.28. The van der Waals surface area contributed by atoms with E-state index in [0.29, 0.717) is 32.5 Å². The van der Waals surface area contributed by atoms with Crippen molar-refractivity contribution in [3.63, 3.8) is 0 Å². The molecule has 0 unspecified atom stereocenters. The number of aryl methyl sites for hydroxylation is 1. The maximum Gasteiger partial charge on any atom is 0.245 e.